The van der Waals surface area contributed by atoms with E-state index in [-0.39, 0.29) is 36.1 Å². The molecule has 0 unspecified atom stereocenters. The van der Waals surface area contributed by atoms with Gasteiger partial charge >= 0.3 is 6.09 Å². The van der Waals surface area contributed by atoms with Crippen molar-refractivity contribution in [3.63, 3.8) is 0 Å². The summed E-state index contributed by atoms with van der Waals surface area (Å²) in [6.07, 6.45) is 1.10. The summed E-state index contributed by atoms with van der Waals surface area (Å²) < 4.78 is 46.1. The monoisotopic (exact) mass is 433 g/mol. The molecule has 0 radical (unpaired) electrons. The SMILES string of the molecule is C=CC[C@@H]1O[C@H](C[C@H]2CN(C(=O)OC(C)(C)C)C(C)(C)O2)[C@H](OC)[C@H]1C[SH](=O)=O. The molecule has 0 saturated carbocycles. The summed E-state index contributed by atoms with van der Waals surface area (Å²) in [7, 11) is -0.991. The molecule has 2 aliphatic heterocycles. The molecule has 9 heteroatoms. The summed E-state index contributed by atoms with van der Waals surface area (Å²) in [6, 6.07) is 0. The maximum Gasteiger partial charge on any atom is 0.412 e. The van der Waals surface area contributed by atoms with Crippen molar-refractivity contribution in [1.82, 2.24) is 4.90 Å². The molecule has 8 nitrogen and oxygen atoms in total. The van der Waals surface area contributed by atoms with E-state index in [0.717, 1.165) is 0 Å². The molecule has 1 amide bonds. The maximum atomic E-state index is 12.6. The lowest BCUT2D eigenvalue weighted by molar-refractivity contribution is -0.0943. The standard InChI is InChI=1S/C20H35NO7S/c1-8-9-15-14(12-29(23)24)17(25-7)16(26-15)10-13-11-21(20(5,6)27-13)18(22)28-19(2,3)4/h8,13-17,29H,1,9-12H2,2-7H3/t13-,14-,15-,16+,17+/m0/s1. The van der Waals surface area contributed by atoms with E-state index in [4.69, 9.17) is 18.9 Å². The van der Waals surface area contributed by atoms with Gasteiger partial charge in [0.1, 0.15) is 22.0 Å². The molecule has 2 saturated heterocycles. The zero-order valence-electron chi connectivity index (χ0n) is 18.3. The highest BCUT2D eigenvalue weighted by atomic mass is 32.2. The average molecular weight is 434 g/mol. The van der Waals surface area contributed by atoms with Crippen molar-refractivity contribution < 1.29 is 32.2 Å². The number of amides is 1. The number of methoxy groups -OCH3 is 1. The summed E-state index contributed by atoms with van der Waals surface area (Å²) in [6.45, 7) is 13.2. The highest BCUT2D eigenvalue weighted by molar-refractivity contribution is 7.72. The van der Waals surface area contributed by atoms with E-state index < -0.39 is 28.1 Å². The predicted octanol–water partition coefficient (Wildman–Crippen LogP) is 2.33. The van der Waals surface area contributed by atoms with E-state index >= 15 is 0 Å². The molecule has 2 heterocycles. The van der Waals surface area contributed by atoms with Crippen LogP contribution in [-0.4, -0.2) is 74.6 Å². The van der Waals surface area contributed by atoms with Crippen molar-refractivity contribution in [3.05, 3.63) is 12.7 Å². The minimum atomic E-state index is -2.56. The molecule has 0 aromatic rings. The van der Waals surface area contributed by atoms with Crippen LogP contribution in [0.5, 0.6) is 0 Å². The zero-order valence-corrected chi connectivity index (χ0v) is 19.1. The molecule has 0 aromatic heterocycles. The van der Waals surface area contributed by atoms with Crippen molar-refractivity contribution in [2.45, 2.75) is 83.2 Å². The van der Waals surface area contributed by atoms with Gasteiger partial charge in [0.15, 0.2) is 0 Å². The first-order valence-electron chi connectivity index (χ1n) is 9.97. The molecule has 168 valence electrons. The molecule has 0 bridgehead atoms. The second-order valence-electron chi connectivity index (χ2n) is 9.13. The lowest BCUT2D eigenvalue weighted by atomic mass is 9.94. The first-order valence-corrected chi connectivity index (χ1v) is 11.3. The predicted molar refractivity (Wildman–Crippen MR) is 109 cm³/mol. The van der Waals surface area contributed by atoms with E-state index in [9.17, 15) is 13.2 Å². The third kappa shape index (κ3) is 6.16. The van der Waals surface area contributed by atoms with Gasteiger partial charge in [-0.3, -0.25) is 4.90 Å². The fraction of sp³-hybridized carbons (Fsp3) is 0.850. The summed E-state index contributed by atoms with van der Waals surface area (Å²) in [5.74, 6) is -0.260. The third-order valence-corrected chi connectivity index (χ3v) is 5.97. The van der Waals surface area contributed by atoms with Gasteiger partial charge in [0, 0.05) is 19.4 Å². The molecule has 0 N–H and O–H groups in total. The van der Waals surface area contributed by atoms with E-state index in [1.165, 1.54) is 0 Å². The van der Waals surface area contributed by atoms with Gasteiger partial charge in [-0.15, -0.1) is 6.58 Å². The second-order valence-corrected chi connectivity index (χ2v) is 10.2. The molecule has 2 aliphatic rings. The fourth-order valence-corrected chi connectivity index (χ4v) is 4.91. The Hall–Kier alpha value is -1.16. The molecule has 5 atom stereocenters. The Morgan fingerprint density at radius 3 is 2.48 bits per heavy atom. The Balaban J connectivity index is 2.10. The Morgan fingerprint density at radius 1 is 1.31 bits per heavy atom. The van der Waals surface area contributed by atoms with Gasteiger partial charge < -0.3 is 18.9 Å². The van der Waals surface area contributed by atoms with Gasteiger partial charge in [-0.2, -0.15) is 0 Å². The molecular weight excluding hydrogens is 398 g/mol. The number of hydrogen-bond donors (Lipinski definition) is 1. The van der Waals surface area contributed by atoms with Crippen molar-refractivity contribution in [1.29, 1.82) is 0 Å². The highest BCUT2D eigenvalue weighted by Crippen LogP contribution is 2.37. The van der Waals surface area contributed by atoms with Gasteiger partial charge in [0.2, 0.25) is 0 Å². The van der Waals surface area contributed by atoms with Crippen molar-refractivity contribution in [2.24, 2.45) is 5.92 Å². The molecular formula is C20H35NO7S. The number of hydrogen-bond acceptors (Lipinski definition) is 7. The first kappa shape index (κ1) is 24.1. The van der Waals surface area contributed by atoms with Gasteiger partial charge in [0.05, 0.1) is 36.7 Å². The van der Waals surface area contributed by atoms with Crippen LogP contribution in [0.25, 0.3) is 0 Å². The van der Waals surface area contributed by atoms with E-state index in [1.54, 1.807) is 18.1 Å². The maximum absolute atomic E-state index is 12.6. The lowest BCUT2D eigenvalue weighted by Gasteiger charge is -2.31. The van der Waals surface area contributed by atoms with Crippen LogP contribution in [0.1, 0.15) is 47.5 Å². The summed E-state index contributed by atoms with van der Waals surface area (Å²) in [4.78, 5) is 14.2. The summed E-state index contributed by atoms with van der Waals surface area (Å²) in [5.41, 5.74) is -1.41. The Bertz CT molecular complexity index is 662. The molecule has 0 aromatic carbocycles. The van der Waals surface area contributed by atoms with Crippen LogP contribution in [-0.2, 0) is 29.7 Å². The van der Waals surface area contributed by atoms with E-state index in [2.05, 4.69) is 6.58 Å². The summed E-state index contributed by atoms with van der Waals surface area (Å²) >= 11 is 0. The van der Waals surface area contributed by atoms with Crippen molar-refractivity contribution >= 4 is 16.8 Å². The van der Waals surface area contributed by atoms with Crippen LogP contribution in [0, 0.1) is 5.92 Å². The molecule has 2 rings (SSSR count). The summed E-state index contributed by atoms with van der Waals surface area (Å²) in [5, 5.41) is 0. The lowest BCUT2D eigenvalue weighted by Crippen LogP contribution is -2.46. The van der Waals surface area contributed by atoms with Gasteiger partial charge in [-0.25, -0.2) is 13.2 Å². The Labute approximate surface area is 175 Å². The molecule has 0 aliphatic carbocycles. The smallest absolute Gasteiger partial charge is 0.412 e. The van der Waals surface area contributed by atoms with Crippen LogP contribution in [0.15, 0.2) is 12.7 Å². The largest absolute Gasteiger partial charge is 0.444 e. The zero-order chi connectivity index (χ0) is 22.0. The van der Waals surface area contributed by atoms with Crippen LogP contribution < -0.4 is 0 Å². The van der Waals surface area contributed by atoms with E-state index in [1.807, 2.05) is 34.6 Å². The van der Waals surface area contributed by atoms with E-state index in [0.29, 0.717) is 19.4 Å². The number of ether oxygens (including phenoxy) is 4. The van der Waals surface area contributed by atoms with Crippen LogP contribution in [0.3, 0.4) is 0 Å². The first-order chi connectivity index (χ1) is 13.4. The normalized spacial score (nSPS) is 32.0. The quantitative estimate of drug-likeness (QED) is 0.487. The molecule has 29 heavy (non-hydrogen) atoms. The third-order valence-electron chi connectivity index (χ3n) is 5.25. The minimum absolute atomic E-state index is 0.00387. The van der Waals surface area contributed by atoms with Crippen LogP contribution in [0.4, 0.5) is 4.79 Å². The van der Waals surface area contributed by atoms with Crippen molar-refractivity contribution in [3.8, 4) is 0 Å². The number of nitrogens with zero attached hydrogens (tertiary/aromatic N) is 1. The topological polar surface area (TPSA) is 91.4 Å². The van der Waals surface area contributed by atoms with Gasteiger partial charge in [-0.1, -0.05) is 6.08 Å². The van der Waals surface area contributed by atoms with Crippen LogP contribution >= 0.6 is 0 Å². The number of carbonyl (C=O) groups excluding carboxylic acids is 1. The Kier molecular flexibility index (Phi) is 7.75. The van der Waals surface area contributed by atoms with Crippen LogP contribution in [0.2, 0.25) is 0 Å². The number of rotatable bonds is 7. The van der Waals surface area contributed by atoms with Gasteiger partial charge in [0.25, 0.3) is 0 Å². The average Bonchev–Trinajstić information content (AvgIpc) is 3.02. The number of carbonyl (C=O) groups is 1. The van der Waals surface area contributed by atoms with Gasteiger partial charge in [-0.05, 0) is 41.0 Å². The second kappa shape index (κ2) is 9.32. The highest BCUT2D eigenvalue weighted by Gasteiger charge is 2.49. The molecule has 0 spiro atoms. The number of thiol groups is 1. The Morgan fingerprint density at radius 2 is 1.97 bits per heavy atom. The minimum Gasteiger partial charge on any atom is -0.444 e. The fourth-order valence-electron chi connectivity index (χ4n) is 4.12. The molecule has 2 fully saturated rings. The van der Waals surface area contributed by atoms with Crippen molar-refractivity contribution in [2.75, 3.05) is 19.4 Å².